The monoisotopic (exact) mass is 507 g/mol. The molecule has 9 nitrogen and oxygen atoms in total. The molecule has 2 aliphatic rings. The molecule has 10 heteroatoms. The van der Waals surface area contributed by atoms with Crippen LogP contribution in [0.1, 0.15) is 50.5 Å². The maximum absolute atomic E-state index is 13.7. The number of nitrogens with one attached hydrogen (secondary N) is 3. The Labute approximate surface area is 213 Å². The zero-order chi connectivity index (χ0) is 25.2. The highest BCUT2D eigenvalue weighted by atomic mass is 32.1. The van der Waals surface area contributed by atoms with Crippen LogP contribution in [0.3, 0.4) is 0 Å². The molecule has 0 saturated carbocycles. The second-order valence-corrected chi connectivity index (χ2v) is 10.6. The van der Waals surface area contributed by atoms with Gasteiger partial charge in [0.15, 0.2) is 5.69 Å². The molecular formula is C26H29N5O4S. The molecule has 0 spiro atoms. The first kappa shape index (κ1) is 24.1. The van der Waals surface area contributed by atoms with Crippen LogP contribution < -0.4 is 15.4 Å². The lowest BCUT2D eigenvalue weighted by molar-refractivity contribution is -0.122. The summed E-state index contributed by atoms with van der Waals surface area (Å²) in [7, 11) is 0. The SMILES string of the molecule is Cc1ccc(-c2cc(C(=O)N3[C@@H]4CC[C@H]3CC(=O)NCCOc3cc(ccc3C)C(=O)NC4)n[nH]2)s1. The maximum atomic E-state index is 13.7. The van der Waals surface area contributed by atoms with Crippen molar-refractivity contribution in [3.05, 3.63) is 58.1 Å². The summed E-state index contributed by atoms with van der Waals surface area (Å²) in [6.45, 7) is 4.84. The molecule has 3 N–H and O–H groups in total. The molecular weight excluding hydrogens is 478 g/mol. The Kier molecular flexibility index (Phi) is 6.77. The standard InChI is InChI=1S/C26H29N5O4S/c1-15-3-5-17-11-22(15)35-10-9-27-24(32)12-18-6-7-19(14-28-25(17)33)31(18)26(34)21-13-20(29-30-21)23-8-4-16(2)36-23/h3-5,8,11,13,18-19H,6-7,9-10,12,14H2,1-2H3,(H,27,32)(H,28,33)(H,29,30)/t18-,19+/m0/s1. The number of carbonyl (C=O) groups is 3. The lowest BCUT2D eigenvalue weighted by Gasteiger charge is -2.30. The van der Waals surface area contributed by atoms with Gasteiger partial charge in [-0.05, 0) is 62.6 Å². The molecule has 2 aromatic heterocycles. The van der Waals surface area contributed by atoms with E-state index in [1.807, 2.05) is 32.0 Å². The van der Waals surface area contributed by atoms with Crippen molar-refractivity contribution in [3.8, 4) is 16.3 Å². The van der Waals surface area contributed by atoms with Crippen molar-refractivity contribution < 1.29 is 19.1 Å². The fourth-order valence-corrected chi connectivity index (χ4v) is 5.64. The third-order valence-corrected chi connectivity index (χ3v) is 7.74. The predicted octanol–water partition coefficient (Wildman–Crippen LogP) is 3.06. The van der Waals surface area contributed by atoms with E-state index in [-0.39, 0.29) is 49.4 Å². The first-order valence-corrected chi connectivity index (χ1v) is 12.9. The number of rotatable bonds is 2. The molecule has 4 heterocycles. The van der Waals surface area contributed by atoms with Crippen molar-refractivity contribution in [1.29, 1.82) is 0 Å². The summed E-state index contributed by atoms with van der Waals surface area (Å²) < 4.78 is 5.80. The Hall–Kier alpha value is -3.66. The molecule has 2 atom stereocenters. The Morgan fingerprint density at radius 1 is 1.08 bits per heavy atom. The smallest absolute Gasteiger partial charge is 0.274 e. The Bertz CT molecular complexity index is 1300. The first-order valence-electron chi connectivity index (χ1n) is 12.1. The van der Waals surface area contributed by atoms with E-state index in [1.54, 1.807) is 34.4 Å². The van der Waals surface area contributed by atoms with Gasteiger partial charge in [0.2, 0.25) is 5.91 Å². The summed E-state index contributed by atoms with van der Waals surface area (Å²) in [4.78, 5) is 43.2. The molecule has 1 fully saturated rings. The van der Waals surface area contributed by atoms with Crippen molar-refractivity contribution in [2.24, 2.45) is 0 Å². The Morgan fingerprint density at radius 3 is 2.72 bits per heavy atom. The number of hydrogen-bond acceptors (Lipinski definition) is 6. The van der Waals surface area contributed by atoms with Gasteiger partial charge < -0.3 is 20.3 Å². The number of amides is 3. The number of aromatic nitrogens is 2. The van der Waals surface area contributed by atoms with E-state index in [2.05, 4.69) is 20.8 Å². The molecule has 1 saturated heterocycles. The largest absolute Gasteiger partial charge is 0.491 e. The van der Waals surface area contributed by atoms with Crippen molar-refractivity contribution in [1.82, 2.24) is 25.7 Å². The number of H-pyrrole nitrogens is 1. The Morgan fingerprint density at radius 2 is 1.92 bits per heavy atom. The molecule has 0 unspecified atom stereocenters. The maximum Gasteiger partial charge on any atom is 0.274 e. The third kappa shape index (κ3) is 4.99. The number of carbonyl (C=O) groups excluding carboxylic acids is 3. The van der Waals surface area contributed by atoms with Crippen molar-refractivity contribution in [2.75, 3.05) is 19.7 Å². The van der Waals surface area contributed by atoms with Crippen LogP contribution in [0.5, 0.6) is 5.75 Å². The van der Waals surface area contributed by atoms with Gasteiger partial charge in [0.25, 0.3) is 11.8 Å². The highest BCUT2D eigenvalue weighted by molar-refractivity contribution is 7.15. The normalized spacial score (nSPS) is 20.7. The van der Waals surface area contributed by atoms with Crippen molar-refractivity contribution >= 4 is 29.1 Å². The number of ether oxygens (including phenoxy) is 1. The zero-order valence-electron chi connectivity index (χ0n) is 20.3. The quantitative estimate of drug-likeness (QED) is 0.493. The molecule has 4 bridgehead atoms. The summed E-state index contributed by atoms with van der Waals surface area (Å²) in [6, 6.07) is 10.6. The average molecular weight is 508 g/mol. The van der Waals surface area contributed by atoms with E-state index >= 15 is 0 Å². The van der Waals surface area contributed by atoms with Gasteiger partial charge in [-0.3, -0.25) is 19.5 Å². The number of aryl methyl sites for hydroxylation is 2. The van der Waals surface area contributed by atoms with Crippen LogP contribution >= 0.6 is 11.3 Å². The molecule has 0 radical (unpaired) electrons. The fourth-order valence-electron chi connectivity index (χ4n) is 4.81. The third-order valence-electron chi connectivity index (χ3n) is 6.71. The number of thiophene rings is 1. The van der Waals surface area contributed by atoms with Gasteiger partial charge in [0, 0.05) is 35.5 Å². The summed E-state index contributed by atoms with van der Waals surface area (Å²) in [6.07, 6.45) is 1.55. The van der Waals surface area contributed by atoms with E-state index in [1.165, 1.54) is 4.88 Å². The summed E-state index contributed by atoms with van der Waals surface area (Å²) >= 11 is 1.62. The van der Waals surface area contributed by atoms with Gasteiger partial charge in [-0.15, -0.1) is 11.3 Å². The van der Waals surface area contributed by atoms with Crippen molar-refractivity contribution in [2.45, 2.75) is 45.2 Å². The number of aromatic amines is 1. The molecule has 3 amide bonds. The van der Waals surface area contributed by atoms with Crippen LogP contribution in [0, 0.1) is 13.8 Å². The molecule has 5 rings (SSSR count). The van der Waals surface area contributed by atoms with Crippen LogP contribution in [0.4, 0.5) is 0 Å². The number of benzene rings is 1. The van der Waals surface area contributed by atoms with Gasteiger partial charge >= 0.3 is 0 Å². The summed E-state index contributed by atoms with van der Waals surface area (Å²) in [5.74, 6) is 0.00377. The highest BCUT2D eigenvalue weighted by Gasteiger charge is 2.39. The molecule has 2 aliphatic heterocycles. The summed E-state index contributed by atoms with van der Waals surface area (Å²) in [5, 5.41) is 13.1. The molecule has 0 aliphatic carbocycles. The van der Waals surface area contributed by atoms with Crippen LogP contribution in [-0.2, 0) is 4.79 Å². The molecule has 3 aromatic rings. The lowest BCUT2D eigenvalue weighted by Crippen LogP contribution is -2.48. The van der Waals surface area contributed by atoms with Gasteiger partial charge in [-0.2, -0.15) is 5.10 Å². The minimum Gasteiger partial charge on any atom is -0.491 e. The van der Waals surface area contributed by atoms with Crippen molar-refractivity contribution in [3.63, 3.8) is 0 Å². The predicted molar refractivity (Wildman–Crippen MR) is 136 cm³/mol. The highest BCUT2D eigenvalue weighted by Crippen LogP contribution is 2.30. The number of nitrogens with zero attached hydrogens (tertiary/aromatic N) is 2. The second kappa shape index (κ2) is 10.1. The van der Waals surface area contributed by atoms with Crippen LogP contribution in [0.15, 0.2) is 36.4 Å². The zero-order valence-corrected chi connectivity index (χ0v) is 21.1. The van der Waals surface area contributed by atoms with Crippen LogP contribution in [0.25, 0.3) is 10.6 Å². The van der Waals surface area contributed by atoms with E-state index in [9.17, 15) is 14.4 Å². The van der Waals surface area contributed by atoms with E-state index in [0.717, 1.165) is 16.1 Å². The second-order valence-electron chi connectivity index (χ2n) is 9.27. The molecule has 1 aromatic carbocycles. The molecule has 188 valence electrons. The topological polar surface area (TPSA) is 116 Å². The van der Waals surface area contributed by atoms with Gasteiger partial charge in [0.05, 0.1) is 17.1 Å². The number of hydrogen-bond donors (Lipinski definition) is 3. The van der Waals surface area contributed by atoms with Gasteiger partial charge in [-0.25, -0.2) is 0 Å². The van der Waals surface area contributed by atoms with E-state index in [0.29, 0.717) is 36.4 Å². The van der Waals surface area contributed by atoms with E-state index < -0.39 is 0 Å². The Balaban J connectivity index is 1.40. The summed E-state index contributed by atoms with van der Waals surface area (Å²) in [5.41, 5.74) is 2.48. The van der Waals surface area contributed by atoms with Crippen LogP contribution in [-0.4, -0.2) is 64.6 Å². The minimum absolute atomic E-state index is 0.136. The van der Waals surface area contributed by atoms with Crippen LogP contribution in [0.2, 0.25) is 0 Å². The average Bonchev–Trinajstić information content (AvgIpc) is 3.60. The fraction of sp³-hybridized carbons (Fsp3) is 0.385. The number of fused-ring (bicyclic) bond motifs is 4. The van der Waals surface area contributed by atoms with Gasteiger partial charge in [-0.1, -0.05) is 6.07 Å². The lowest BCUT2D eigenvalue weighted by atomic mass is 10.1. The minimum atomic E-state index is -0.280. The van der Waals surface area contributed by atoms with Gasteiger partial charge in [0.1, 0.15) is 12.4 Å². The first-order chi connectivity index (χ1) is 17.4. The molecule has 36 heavy (non-hydrogen) atoms. The van der Waals surface area contributed by atoms with E-state index in [4.69, 9.17) is 4.74 Å².